The zero-order chi connectivity index (χ0) is 12.3. The number of methoxy groups -OCH3 is 1. The van der Waals surface area contributed by atoms with E-state index < -0.39 is 15.3 Å². The number of ether oxygens (including phenoxy) is 1. The monoisotopic (exact) mass is 245 g/mol. The first-order valence-electron chi connectivity index (χ1n) is 4.75. The molecule has 0 aliphatic heterocycles. The lowest BCUT2D eigenvalue weighted by Crippen LogP contribution is -2.22. The molecule has 1 aromatic rings. The van der Waals surface area contributed by atoms with E-state index >= 15 is 0 Å². The van der Waals surface area contributed by atoms with E-state index in [9.17, 15) is 13.5 Å². The quantitative estimate of drug-likeness (QED) is 0.789. The summed E-state index contributed by atoms with van der Waals surface area (Å²) in [6.07, 6.45) is 0. The van der Waals surface area contributed by atoms with Gasteiger partial charge in [-0.3, -0.25) is 4.72 Å². The summed E-state index contributed by atoms with van der Waals surface area (Å²) in [7, 11) is -2.00. The van der Waals surface area contributed by atoms with Gasteiger partial charge in [0.1, 0.15) is 11.5 Å². The smallest absolute Gasteiger partial charge is 0.235 e. The molecule has 16 heavy (non-hydrogen) atoms. The summed E-state index contributed by atoms with van der Waals surface area (Å²) < 4.78 is 30.4. The first-order valence-corrected chi connectivity index (χ1v) is 6.30. The fourth-order valence-corrected chi connectivity index (χ4v) is 1.70. The number of anilines is 1. The highest BCUT2D eigenvalue weighted by atomic mass is 32.2. The van der Waals surface area contributed by atoms with Crippen LogP contribution in [0, 0.1) is 0 Å². The van der Waals surface area contributed by atoms with Gasteiger partial charge in [0.2, 0.25) is 10.0 Å². The average molecular weight is 245 g/mol. The van der Waals surface area contributed by atoms with Crippen molar-refractivity contribution < 1.29 is 18.3 Å². The molecule has 0 aliphatic rings. The molecule has 0 spiro atoms. The Labute approximate surface area is 95.1 Å². The second kappa shape index (κ2) is 4.61. The Morgan fingerprint density at radius 2 is 2.00 bits per heavy atom. The summed E-state index contributed by atoms with van der Waals surface area (Å²) in [5.41, 5.74) is 0.119. The van der Waals surface area contributed by atoms with E-state index in [0.29, 0.717) is 5.75 Å². The Hall–Kier alpha value is -1.43. The lowest BCUT2D eigenvalue weighted by atomic mass is 10.3. The number of nitrogens with one attached hydrogen (secondary N) is 1. The van der Waals surface area contributed by atoms with Crippen LogP contribution in [0.15, 0.2) is 18.2 Å². The molecule has 0 bridgehead atoms. The van der Waals surface area contributed by atoms with Crippen molar-refractivity contribution in [3.05, 3.63) is 18.2 Å². The third-order valence-corrected chi connectivity index (χ3v) is 3.82. The largest absolute Gasteiger partial charge is 0.506 e. The van der Waals surface area contributed by atoms with E-state index in [2.05, 4.69) is 4.72 Å². The van der Waals surface area contributed by atoms with Crippen molar-refractivity contribution in [1.82, 2.24) is 0 Å². The fraction of sp³-hybridized carbons (Fsp3) is 0.400. The van der Waals surface area contributed by atoms with Gasteiger partial charge in [-0.2, -0.15) is 0 Å². The molecular formula is C10H15NO4S. The van der Waals surface area contributed by atoms with E-state index in [-0.39, 0.29) is 11.4 Å². The van der Waals surface area contributed by atoms with Crippen LogP contribution < -0.4 is 9.46 Å². The number of hydrogen-bond donors (Lipinski definition) is 2. The van der Waals surface area contributed by atoms with Crippen molar-refractivity contribution in [1.29, 1.82) is 0 Å². The maximum atomic E-state index is 11.6. The van der Waals surface area contributed by atoms with E-state index in [1.165, 1.54) is 19.2 Å². The molecule has 0 saturated heterocycles. The average Bonchev–Trinajstić information content (AvgIpc) is 2.21. The van der Waals surface area contributed by atoms with Gasteiger partial charge in [-0.05, 0) is 26.0 Å². The van der Waals surface area contributed by atoms with Gasteiger partial charge < -0.3 is 9.84 Å². The van der Waals surface area contributed by atoms with Crippen molar-refractivity contribution in [3.8, 4) is 11.5 Å². The van der Waals surface area contributed by atoms with Crippen molar-refractivity contribution in [2.75, 3.05) is 11.8 Å². The molecule has 5 nitrogen and oxygen atoms in total. The minimum absolute atomic E-state index is 0.119. The van der Waals surface area contributed by atoms with Crippen LogP contribution in [0.25, 0.3) is 0 Å². The van der Waals surface area contributed by atoms with Gasteiger partial charge in [0.15, 0.2) is 0 Å². The Balaban J connectivity index is 3.06. The highest BCUT2D eigenvalue weighted by Gasteiger charge is 2.17. The van der Waals surface area contributed by atoms with Crippen LogP contribution in [-0.4, -0.2) is 25.9 Å². The predicted octanol–water partition coefficient (Wildman–Crippen LogP) is 1.55. The summed E-state index contributed by atoms with van der Waals surface area (Å²) in [4.78, 5) is 0. The van der Waals surface area contributed by atoms with Gasteiger partial charge in [-0.1, -0.05) is 0 Å². The maximum Gasteiger partial charge on any atom is 0.235 e. The topological polar surface area (TPSA) is 75.6 Å². The van der Waals surface area contributed by atoms with Crippen LogP contribution in [0.4, 0.5) is 5.69 Å². The molecule has 0 heterocycles. The Morgan fingerprint density at radius 1 is 1.38 bits per heavy atom. The predicted molar refractivity (Wildman–Crippen MR) is 62.3 cm³/mol. The maximum absolute atomic E-state index is 11.6. The van der Waals surface area contributed by atoms with Crippen LogP contribution in [0.3, 0.4) is 0 Å². The van der Waals surface area contributed by atoms with Crippen molar-refractivity contribution in [3.63, 3.8) is 0 Å². The summed E-state index contributed by atoms with van der Waals surface area (Å²) >= 11 is 0. The van der Waals surface area contributed by atoms with Gasteiger partial charge in [-0.15, -0.1) is 0 Å². The molecule has 90 valence electrons. The van der Waals surface area contributed by atoms with Crippen LogP contribution >= 0.6 is 0 Å². The molecule has 0 fully saturated rings. The summed E-state index contributed by atoms with van der Waals surface area (Å²) in [6.45, 7) is 3.11. The molecule has 0 radical (unpaired) electrons. The van der Waals surface area contributed by atoms with E-state index in [1.54, 1.807) is 19.9 Å². The zero-order valence-electron chi connectivity index (χ0n) is 9.39. The second-order valence-corrected chi connectivity index (χ2v) is 5.82. The lowest BCUT2D eigenvalue weighted by molar-refractivity contribution is 0.413. The molecule has 6 heteroatoms. The van der Waals surface area contributed by atoms with Gasteiger partial charge in [0, 0.05) is 6.07 Å². The van der Waals surface area contributed by atoms with E-state index in [4.69, 9.17) is 4.74 Å². The molecule has 0 aromatic heterocycles. The highest BCUT2D eigenvalue weighted by Crippen LogP contribution is 2.29. The molecule has 0 aliphatic carbocycles. The number of aromatic hydroxyl groups is 1. The normalized spacial score (nSPS) is 11.5. The van der Waals surface area contributed by atoms with Gasteiger partial charge >= 0.3 is 0 Å². The van der Waals surface area contributed by atoms with Crippen LogP contribution in [0.2, 0.25) is 0 Å². The van der Waals surface area contributed by atoms with Crippen molar-refractivity contribution >= 4 is 15.7 Å². The molecule has 0 amide bonds. The van der Waals surface area contributed by atoms with Gasteiger partial charge in [0.25, 0.3) is 0 Å². The standard InChI is InChI=1S/C10H15NO4S/c1-7(2)16(13,14)11-9-6-8(15-3)4-5-10(9)12/h4-7,11-12H,1-3H3. The fourth-order valence-electron chi connectivity index (χ4n) is 0.995. The number of phenolic OH excluding ortho intramolecular Hbond substituents is 1. The summed E-state index contributed by atoms with van der Waals surface area (Å²) in [5, 5.41) is 8.92. The Morgan fingerprint density at radius 3 is 2.50 bits per heavy atom. The van der Waals surface area contributed by atoms with E-state index in [0.717, 1.165) is 0 Å². The summed E-state index contributed by atoms with van der Waals surface area (Å²) in [5.74, 6) is 0.337. The van der Waals surface area contributed by atoms with Crippen LogP contribution in [0.5, 0.6) is 11.5 Å². The number of phenols is 1. The SMILES string of the molecule is COc1ccc(O)c(NS(=O)(=O)C(C)C)c1. The Kier molecular flexibility index (Phi) is 3.64. The molecule has 1 aromatic carbocycles. The zero-order valence-corrected chi connectivity index (χ0v) is 10.2. The molecule has 1 rings (SSSR count). The molecule has 0 atom stereocenters. The molecular weight excluding hydrogens is 230 g/mol. The number of sulfonamides is 1. The lowest BCUT2D eigenvalue weighted by Gasteiger charge is -2.12. The minimum Gasteiger partial charge on any atom is -0.506 e. The van der Waals surface area contributed by atoms with Crippen molar-refractivity contribution in [2.24, 2.45) is 0 Å². The van der Waals surface area contributed by atoms with Crippen LogP contribution in [0.1, 0.15) is 13.8 Å². The third kappa shape index (κ3) is 2.79. The number of hydrogen-bond acceptors (Lipinski definition) is 4. The molecule has 0 saturated carbocycles. The first kappa shape index (κ1) is 12.6. The van der Waals surface area contributed by atoms with Gasteiger partial charge in [0.05, 0.1) is 18.0 Å². The minimum atomic E-state index is -3.46. The van der Waals surface area contributed by atoms with Crippen molar-refractivity contribution in [2.45, 2.75) is 19.1 Å². The van der Waals surface area contributed by atoms with E-state index in [1.807, 2.05) is 0 Å². The second-order valence-electron chi connectivity index (χ2n) is 3.58. The molecule has 2 N–H and O–H groups in total. The first-order chi connectivity index (χ1) is 7.36. The molecule has 0 unspecified atom stereocenters. The number of benzene rings is 1. The van der Waals surface area contributed by atoms with Gasteiger partial charge in [-0.25, -0.2) is 8.42 Å². The Bertz CT molecular complexity index is 468. The third-order valence-electron chi connectivity index (χ3n) is 2.08. The van der Waals surface area contributed by atoms with Crippen LogP contribution in [-0.2, 0) is 10.0 Å². The number of rotatable bonds is 4. The summed E-state index contributed by atoms with van der Waals surface area (Å²) in [6, 6.07) is 4.34. The highest BCUT2D eigenvalue weighted by molar-refractivity contribution is 7.93.